The van der Waals surface area contributed by atoms with Gasteiger partial charge in [0.1, 0.15) is 5.75 Å². The second kappa shape index (κ2) is 8.06. The second-order valence-corrected chi connectivity index (χ2v) is 7.62. The molecule has 2 heterocycles. The Morgan fingerprint density at radius 2 is 1.90 bits per heavy atom. The number of ether oxygens (including phenoxy) is 1. The van der Waals surface area contributed by atoms with E-state index in [0.29, 0.717) is 18.7 Å². The van der Waals surface area contributed by atoms with Gasteiger partial charge in [0.15, 0.2) is 0 Å². The lowest BCUT2D eigenvalue weighted by Crippen LogP contribution is -2.23. The normalized spacial score (nSPS) is 11.1. The quantitative estimate of drug-likeness (QED) is 0.506. The average molecular weight is 402 g/mol. The fourth-order valence-electron chi connectivity index (χ4n) is 3.84. The van der Waals surface area contributed by atoms with Crippen LogP contribution in [0.5, 0.6) is 5.75 Å². The van der Waals surface area contributed by atoms with Crippen LogP contribution in [0.3, 0.4) is 0 Å². The van der Waals surface area contributed by atoms with E-state index in [4.69, 9.17) is 4.74 Å². The third kappa shape index (κ3) is 3.94. The number of hydrogen-bond acceptors (Lipinski definition) is 3. The Morgan fingerprint density at radius 1 is 1.10 bits per heavy atom. The lowest BCUT2D eigenvalue weighted by Gasteiger charge is -2.09. The summed E-state index contributed by atoms with van der Waals surface area (Å²) in [5, 5.41) is 8.45. The van der Waals surface area contributed by atoms with Gasteiger partial charge in [-0.3, -0.25) is 9.48 Å². The van der Waals surface area contributed by atoms with E-state index >= 15 is 0 Å². The Kier molecular flexibility index (Phi) is 5.31. The molecule has 1 amide bonds. The number of H-pyrrole nitrogens is 1. The van der Waals surface area contributed by atoms with E-state index in [1.807, 2.05) is 48.9 Å². The minimum Gasteiger partial charge on any atom is -0.497 e. The van der Waals surface area contributed by atoms with Crippen LogP contribution in [-0.2, 0) is 13.1 Å². The Balaban J connectivity index is 1.50. The molecule has 6 heteroatoms. The van der Waals surface area contributed by atoms with Crippen LogP contribution in [0.15, 0.2) is 48.5 Å². The van der Waals surface area contributed by atoms with E-state index in [-0.39, 0.29) is 5.91 Å². The van der Waals surface area contributed by atoms with Gasteiger partial charge < -0.3 is 15.0 Å². The largest absolute Gasteiger partial charge is 0.497 e. The van der Waals surface area contributed by atoms with Gasteiger partial charge in [0.2, 0.25) is 0 Å². The van der Waals surface area contributed by atoms with Gasteiger partial charge in [-0.05, 0) is 56.2 Å². The van der Waals surface area contributed by atoms with Crippen LogP contribution in [0.1, 0.15) is 38.6 Å². The molecule has 2 aromatic heterocycles. The molecule has 0 spiro atoms. The molecule has 0 radical (unpaired) electrons. The number of amides is 1. The number of aryl methyl sites for hydroxylation is 3. The molecule has 0 aliphatic heterocycles. The predicted octanol–water partition coefficient (Wildman–Crippen LogP) is 4.28. The van der Waals surface area contributed by atoms with Crippen molar-refractivity contribution < 1.29 is 9.53 Å². The van der Waals surface area contributed by atoms with Crippen LogP contribution in [0, 0.1) is 20.8 Å². The molecule has 2 aromatic carbocycles. The number of nitrogens with zero attached hydrogens (tertiary/aromatic N) is 2. The van der Waals surface area contributed by atoms with Crippen molar-refractivity contribution in [3.05, 3.63) is 82.3 Å². The number of benzene rings is 2. The summed E-state index contributed by atoms with van der Waals surface area (Å²) in [6.07, 6.45) is 0. The van der Waals surface area contributed by atoms with Crippen molar-refractivity contribution in [2.45, 2.75) is 33.9 Å². The molecule has 4 aromatic rings. The molecule has 0 saturated carbocycles. The van der Waals surface area contributed by atoms with Gasteiger partial charge in [-0.2, -0.15) is 5.10 Å². The summed E-state index contributed by atoms with van der Waals surface area (Å²) in [6, 6.07) is 16.0. The monoisotopic (exact) mass is 402 g/mol. The number of aromatic amines is 1. The van der Waals surface area contributed by atoms with E-state index in [9.17, 15) is 4.79 Å². The first-order chi connectivity index (χ1) is 14.4. The van der Waals surface area contributed by atoms with Gasteiger partial charge in [0.25, 0.3) is 5.91 Å². The van der Waals surface area contributed by atoms with E-state index in [2.05, 4.69) is 40.5 Å². The summed E-state index contributed by atoms with van der Waals surface area (Å²) in [7, 11) is 1.62. The maximum Gasteiger partial charge on any atom is 0.253 e. The Bertz CT molecular complexity index is 1220. The number of carbonyl (C=O) groups is 1. The highest BCUT2D eigenvalue weighted by atomic mass is 16.5. The van der Waals surface area contributed by atoms with Gasteiger partial charge in [-0.1, -0.05) is 24.3 Å². The molecule has 0 atom stereocenters. The molecular weight excluding hydrogens is 376 g/mol. The van der Waals surface area contributed by atoms with Crippen molar-refractivity contribution in [2.75, 3.05) is 7.11 Å². The van der Waals surface area contributed by atoms with Crippen LogP contribution < -0.4 is 10.1 Å². The number of carbonyl (C=O) groups excluding carboxylic acids is 1. The number of methoxy groups -OCH3 is 1. The van der Waals surface area contributed by atoms with Crippen molar-refractivity contribution in [1.82, 2.24) is 20.1 Å². The summed E-state index contributed by atoms with van der Waals surface area (Å²) >= 11 is 0. The Hall–Kier alpha value is -3.54. The molecule has 0 saturated heterocycles. The minimum absolute atomic E-state index is 0.101. The van der Waals surface area contributed by atoms with E-state index in [1.54, 1.807) is 7.11 Å². The summed E-state index contributed by atoms with van der Waals surface area (Å²) < 4.78 is 7.31. The summed E-state index contributed by atoms with van der Waals surface area (Å²) in [4.78, 5) is 16.2. The third-order valence-electron chi connectivity index (χ3n) is 5.30. The summed E-state index contributed by atoms with van der Waals surface area (Å²) in [5.74, 6) is 0.628. The van der Waals surface area contributed by atoms with Crippen LogP contribution in [-0.4, -0.2) is 27.8 Å². The van der Waals surface area contributed by atoms with Gasteiger partial charge in [-0.25, -0.2) is 0 Å². The topological polar surface area (TPSA) is 71.9 Å². The van der Waals surface area contributed by atoms with E-state index in [1.165, 1.54) is 0 Å². The molecule has 0 aliphatic rings. The highest BCUT2D eigenvalue weighted by Gasteiger charge is 2.16. The molecule has 30 heavy (non-hydrogen) atoms. The van der Waals surface area contributed by atoms with Gasteiger partial charge in [-0.15, -0.1) is 0 Å². The molecule has 154 valence electrons. The molecule has 2 N–H and O–H groups in total. The number of hydrogen-bond donors (Lipinski definition) is 2. The first kappa shape index (κ1) is 19.8. The lowest BCUT2D eigenvalue weighted by atomic mass is 10.1. The minimum atomic E-state index is -0.101. The fraction of sp³-hybridized carbons (Fsp3) is 0.250. The average Bonchev–Trinajstić information content (AvgIpc) is 3.22. The molecule has 0 aliphatic carbocycles. The van der Waals surface area contributed by atoms with Crippen LogP contribution in [0.4, 0.5) is 0 Å². The van der Waals surface area contributed by atoms with Crippen LogP contribution >= 0.6 is 0 Å². The van der Waals surface area contributed by atoms with Crippen molar-refractivity contribution in [2.24, 2.45) is 0 Å². The first-order valence-electron chi connectivity index (χ1n) is 9.98. The predicted molar refractivity (Wildman–Crippen MR) is 118 cm³/mol. The number of rotatable bonds is 6. The molecular formula is C24H26N4O2. The van der Waals surface area contributed by atoms with Crippen molar-refractivity contribution in [3.8, 4) is 5.75 Å². The van der Waals surface area contributed by atoms with E-state index < -0.39 is 0 Å². The van der Waals surface area contributed by atoms with Gasteiger partial charge >= 0.3 is 0 Å². The fourth-order valence-corrected chi connectivity index (χ4v) is 3.84. The molecule has 0 bridgehead atoms. The van der Waals surface area contributed by atoms with Crippen molar-refractivity contribution in [1.29, 1.82) is 0 Å². The zero-order valence-electron chi connectivity index (χ0n) is 17.7. The Morgan fingerprint density at radius 3 is 2.63 bits per heavy atom. The molecule has 6 nitrogen and oxygen atoms in total. The molecule has 4 rings (SSSR count). The van der Waals surface area contributed by atoms with Gasteiger partial charge in [0.05, 0.1) is 24.9 Å². The number of nitrogens with one attached hydrogen (secondary N) is 2. The maximum absolute atomic E-state index is 13.0. The summed E-state index contributed by atoms with van der Waals surface area (Å²) in [5.41, 5.74) is 6.78. The number of aromatic nitrogens is 3. The Labute approximate surface area is 175 Å². The first-order valence-corrected chi connectivity index (χ1v) is 9.98. The van der Waals surface area contributed by atoms with Crippen LogP contribution in [0.25, 0.3) is 10.9 Å². The third-order valence-corrected chi connectivity index (χ3v) is 5.30. The highest BCUT2D eigenvalue weighted by Crippen LogP contribution is 2.26. The van der Waals surface area contributed by atoms with Gasteiger partial charge in [0, 0.05) is 28.8 Å². The molecule has 0 unspecified atom stereocenters. The maximum atomic E-state index is 13.0. The molecule has 0 fully saturated rings. The second-order valence-electron chi connectivity index (χ2n) is 7.62. The van der Waals surface area contributed by atoms with Crippen molar-refractivity contribution >= 4 is 16.8 Å². The SMILES string of the molecule is COc1ccc2[nH]c(C)c(C(=O)NCc3cccc(Cn4nc(C)cc4C)c3)c2c1. The van der Waals surface area contributed by atoms with E-state index in [0.717, 1.165) is 44.9 Å². The zero-order chi connectivity index (χ0) is 21.3. The van der Waals surface area contributed by atoms with Crippen molar-refractivity contribution in [3.63, 3.8) is 0 Å². The number of fused-ring (bicyclic) bond motifs is 1. The summed E-state index contributed by atoms with van der Waals surface area (Å²) in [6.45, 7) is 7.14. The lowest BCUT2D eigenvalue weighted by molar-refractivity contribution is 0.0952. The standard InChI is InChI=1S/C24H26N4O2/c1-15-10-16(2)28(27-15)14-19-7-5-6-18(11-19)13-25-24(29)23-17(3)26-22-9-8-20(30-4)12-21(22)23/h5-12,26H,13-14H2,1-4H3,(H,25,29). The smallest absolute Gasteiger partial charge is 0.253 e. The zero-order valence-corrected chi connectivity index (χ0v) is 17.7. The van der Waals surface area contributed by atoms with Crippen LogP contribution in [0.2, 0.25) is 0 Å². The highest BCUT2D eigenvalue weighted by molar-refractivity contribution is 6.08.